The maximum atomic E-state index is 12.0. The zero-order chi connectivity index (χ0) is 17.7. The van der Waals surface area contributed by atoms with Crippen molar-refractivity contribution in [3.8, 4) is 0 Å². The Bertz CT molecular complexity index is 1170. The van der Waals surface area contributed by atoms with E-state index in [1.54, 1.807) is 12.2 Å². The molecule has 0 fully saturated rings. The van der Waals surface area contributed by atoms with Crippen molar-refractivity contribution in [2.45, 2.75) is 0 Å². The lowest BCUT2D eigenvalue weighted by molar-refractivity contribution is 0.104. The quantitative estimate of drug-likeness (QED) is 0.625. The topological polar surface area (TPSA) is 45.0 Å². The first-order valence-electron chi connectivity index (χ1n) is 8.47. The number of hydrogen-bond donors (Lipinski definition) is 0. The minimum Gasteiger partial charge on any atom is -0.327 e. The van der Waals surface area contributed by atoms with Crippen LogP contribution in [0.15, 0.2) is 83.0 Å². The minimum atomic E-state index is 0.00219. The van der Waals surface area contributed by atoms with Crippen molar-refractivity contribution in [2.24, 2.45) is 10.2 Å². The normalized spacial score (nSPS) is 18.2. The SMILES string of the molecule is CN1/C(=N/N=C2\C=CC(=O)c3ccccc32)c2cccc3cccc1c23. The zero-order valence-electron chi connectivity index (χ0n) is 14.2. The highest BCUT2D eigenvalue weighted by Gasteiger charge is 2.25. The largest absolute Gasteiger partial charge is 0.327 e. The standard InChI is InChI=1S/C22H15N3O/c1-25-19-11-5-7-14-6-4-10-17(21(14)19)22(25)24-23-18-12-13-20(26)16-9-3-2-8-15(16)18/h2-13H,1H3/b23-18+,24-22+. The Balaban J connectivity index is 1.65. The monoisotopic (exact) mass is 337 g/mol. The van der Waals surface area contributed by atoms with Gasteiger partial charge in [0.05, 0.1) is 11.4 Å². The molecule has 0 N–H and O–H groups in total. The van der Waals surface area contributed by atoms with Gasteiger partial charge in [-0.05, 0) is 23.6 Å². The number of carbonyl (C=O) groups is 1. The second kappa shape index (κ2) is 5.49. The Kier molecular flexibility index (Phi) is 3.12. The van der Waals surface area contributed by atoms with Gasteiger partial charge in [-0.3, -0.25) is 4.79 Å². The third-order valence-corrected chi connectivity index (χ3v) is 4.92. The molecular formula is C22H15N3O. The summed E-state index contributed by atoms with van der Waals surface area (Å²) in [7, 11) is 2.00. The van der Waals surface area contributed by atoms with Gasteiger partial charge in [0, 0.05) is 29.1 Å². The fourth-order valence-corrected chi connectivity index (χ4v) is 3.65. The number of fused-ring (bicyclic) bond motifs is 1. The number of allylic oxidation sites excluding steroid dienone is 2. The van der Waals surface area contributed by atoms with Crippen molar-refractivity contribution in [3.05, 3.63) is 89.5 Å². The Morgan fingerprint density at radius 3 is 2.35 bits per heavy atom. The molecule has 3 aromatic rings. The van der Waals surface area contributed by atoms with Crippen LogP contribution in [0, 0.1) is 0 Å². The highest BCUT2D eigenvalue weighted by Crippen LogP contribution is 2.36. The van der Waals surface area contributed by atoms with E-state index in [0.29, 0.717) is 11.3 Å². The van der Waals surface area contributed by atoms with Crippen LogP contribution in [0.2, 0.25) is 0 Å². The molecule has 4 nitrogen and oxygen atoms in total. The third-order valence-electron chi connectivity index (χ3n) is 4.92. The molecule has 0 radical (unpaired) electrons. The molecule has 2 aliphatic rings. The summed E-state index contributed by atoms with van der Waals surface area (Å²) in [4.78, 5) is 14.1. The molecule has 4 heteroatoms. The van der Waals surface area contributed by atoms with Crippen LogP contribution in [0.4, 0.5) is 5.69 Å². The van der Waals surface area contributed by atoms with E-state index in [2.05, 4.69) is 45.4 Å². The molecule has 0 spiro atoms. The molecule has 1 aliphatic carbocycles. The molecule has 0 atom stereocenters. The van der Waals surface area contributed by atoms with Gasteiger partial charge in [0.1, 0.15) is 0 Å². The first kappa shape index (κ1) is 14.8. The predicted octanol–water partition coefficient (Wildman–Crippen LogP) is 4.19. The molecule has 0 amide bonds. The molecule has 0 unspecified atom stereocenters. The molecule has 26 heavy (non-hydrogen) atoms. The van der Waals surface area contributed by atoms with Crippen molar-refractivity contribution in [3.63, 3.8) is 0 Å². The van der Waals surface area contributed by atoms with Gasteiger partial charge < -0.3 is 4.90 Å². The van der Waals surface area contributed by atoms with E-state index in [1.807, 2.05) is 37.4 Å². The summed E-state index contributed by atoms with van der Waals surface area (Å²) in [6, 6.07) is 20.0. The van der Waals surface area contributed by atoms with E-state index < -0.39 is 0 Å². The molecule has 3 aromatic carbocycles. The Labute approximate surface area is 150 Å². The number of anilines is 1. The van der Waals surface area contributed by atoms with Crippen molar-refractivity contribution in [2.75, 3.05) is 11.9 Å². The van der Waals surface area contributed by atoms with E-state index in [0.717, 1.165) is 22.6 Å². The van der Waals surface area contributed by atoms with Crippen LogP contribution in [0.5, 0.6) is 0 Å². The minimum absolute atomic E-state index is 0.00219. The highest BCUT2D eigenvalue weighted by molar-refractivity contribution is 6.27. The summed E-state index contributed by atoms with van der Waals surface area (Å²) in [5, 5.41) is 11.4. The van der Waals surface area contributed by atoms with Gasteiger partial charge in [-0.1, -0.05) is 54.6 Å². The molecule has 5 rings (SSSR count). The molecule has 124 valence electrons. The lowest BCUT2D eigenvalue weighted by Crippen LogP contribution is -2.22. The summed E-state index contributed by atoms with van der Waals surface area (Å²) in [6.07, 6.45) is 3.28. The van der Waals surface area contributed by atoms with Crippen LogP contribution in [0.3, 0.4) is 0 Å². The van der Waals surface area contributed by atoms with Gasteiger partial charge in [0.25, 0.3) is 0 Å². The van der Waals surface area contributed by atoms with Crippen LogP contribution >= 0.6 is 0 Å². The van der Waals surface area contributed by atoms with Gasteiger partial charge in [0.15, 0.2) is 11.6 Å². The molecular weight excluding hydrogens is 322 g/mol. The maximum absolute atomic E-state index is 12.0. The summed E-state index contributed by atoms with van der Waals surface area (Å²) < 4.78 is 0. The van der Waals surface area contributed by atoms with Gasteiger partial charge >= 0.3 is 0 Å². The smallest absolute Gasteiger partial charge is 0.186 e. The number of amidine groups is 1. The molecule has 0 saturated carbocycles. The van der Waals surface area contributed by atoms with Crippen molar-refractivity contribution in [1.29, 1.82) is 0 Å². The number of benzene rings is 3. The number of nitrogens with zero attached hydrogens (tertiary/aromatic N) is 3. The predicted molar refractivity (Wildman–Crippen MR) is 105 cm³/mol. The van der Waals surface area contributed by atoms with Gasteiger partial charge in [0.2, 0.25) is 0 Å². The summed E-state index contributed by atoms with van der Waals surface area (Å²) >= 11 is 0. The molecule has 0 bridgehead atoms. The van der Waals surface area contributed by atoms with Gasteiger partial charge in [-0.15, -0.1) is 10.2 Å². The zero-order valence-corrected chi connectivity index (χ0v) is 14.2. The first-order valence-corrected chi connectivity index (χ1v) is 8.47. The Morgan fingerprint density at radius 1 is 0.769 bits per heavy atom. The Morgan fingerprint density at radius 2 is 1.50 bits per heavy atom. The Hall–Kier alpha value is -3.53. The fraction of sp³-hybridized carbons (Fsp3) is 0.0455. The molecule has 1 aliphatic heterocycles. The average molecular weight is 337 g/mol. The number of ketones is 1. The van der Waals surface area contributed by atoms with Crippen LogP contribution in [-0.4, -0.2) is 24.4 Å². The maximum Gasteiger partial charge on any atom is 0.186 e. The van der Waals surface area contributed by atoms with Crippen molar-refractivity contribution in [1.82, 2.24) is 0 Å². The molecule has 0 aromatic heterocycles. The van der Waals surface area contributed by atoms with E-state index in [1.165, 1.54) is 10.8 Å². The van der Waals surface area contributed by atoms with E-state index in [9.17, 15) is 4.79 Å². The van der Waals surface area contributed by atoms with Crippen molar-refractivity contribution >= 4 is 33.8 Å². The van der Waals surface area contributed by atoms with Crippen LogP contribution in [-0.2, 0) is 0 Å². The fourth-order valence-electron chi connectivity index (χ4n) is 3.65. The lowest BCUT2D eigenvalue weighted by atomic mass is 9.94. The number of carbonyl (C=O) groups excluding carboxylic acids is 1. The van der Waals surface area contributed by atoms with Crippen LogP contribution < -0.4 is 4.90 Å². The van der Waals surface area contributed by atoms with Crippen molar-refractivity contribution < 1.29 is 4.79 Å². The number of hydrogen-bond acceptors (Lipinski definition) is 3. The molecule has 0 saturated heterocycles. The van der Waals surface area contributed by atoms with E-state index >= 15 is 0 Å². The van der Waals surface area contributed by atoms with Crippen LogP contribution in [0.25, 0.3) is 10.8 Å². The second-order valence-corrected chi connectivity index (χ2v) is 6.39. The van der Waals surface area contributed by atoms with Gasteiger partial charge in [-0.25, -0.2) is 0 Å². The highest BCUT2D eigenvalue weighted by atomic mass is 16.1. The van der Waals surface area contributed by atoms with E-state index in [4.69, 9.17) is 0 Å². The first-order chi connectivity index (χ1) is 12.7. The summed E-state index contributed by atoms with van der Waals surface area (Å²) in [5.74, 6) is 0.814. The van der Waals surface area contributed by atoms with E-state index in [-0.39, 0.29) is 5.78 Å². The van der Waals surface area contributed by atoms with Gasteiger partial charge in [-0.2, -0.15) is 0 Å². The number of rotatable bonds is 1. The summed E-state index contributed by atoms with van der Waals surface area (Å²) in [6.45, 7) is 0. The molecule has 1 heterocycles. The lowest BCUT2D eigenvalue weighted by Gasteiger charge is -2.14. The second-order valence-electron chi connectivity index (χ2n) is 6.39. The van der Waals surface area contributed by atoms with Crippen LogP contribution in [0.1, 0.15) is 21.5 Å². The summed E-state index contributed by atoms with van der Waals surface area (Å²) in [5.41, 5.74) is 4.39. The third kappa shape index (κ3) is 2.05. The average Bonchev–Trinajstić information content (AvgIpc) is 2.96.